The summed E-state index contributed by atoms with van der Waals surface area (Å²) in [6.07, 6.45) is 2.01. The van der Waals surface area contributed by atoms with Gasteiger partial charge in [-0.15, -0.1) is 0 Å². The van der Waals surface area contributed by atoms with Crippen LogP contribution < -0.4 is 0 Å². The number of aliphatic hydroxyl groups is 1. The molecule has 0 unspecified atom stereocenters. The number of aliphatic hydroxyl groups excluding tert-OH is 1. The lowest BCUT2D eigenvalue weighted by molar-refractivity contribution is 0.00279. The minimum Gasteiger partial charge on any atom is -0.467 e. The van der Waals surface area contributed by atoms with Gasteiger partial charge in [0.05, 0.1) is 19.0 Å². The van der Waals surface area contributed by atoms with E-state index in [1.807, 2.05) is 12.1 Å². The van der Waals surface area contributed by atoms with Crippen LogP contribution >= 0.6 is 0 Å². The maximum Gasteiger partial charge on any atom is 0.129 e. The maximum absolute atomic E-state index is 10.4. The molecule has 5 nitrogen and oxygen atoms in total. The van der Waals surface area contributed by atoms with Gasteiger partial charge in [0, 0.05) is 33.4 Å². The second-order valence-corrected chi connectivity index (χ2v) is 6.76. The smallest absolute Gasteiger partial charge is 0.129 e. The Bertz CT molecular complexity index is 627. The van der Waals surface area contributed by atoms with Crippen molar-refractivity contribution in [2.75, 3.05) is 33.4 Å². The highest BCUT2D eigenvalue weighted by molar-refractivity contribution is 5.30. The standard InChI is InChI=1S/C21H31NO4/c1-17-7-8-18(2)19(12-17)13-22(9-5-10-24-3)14-20(23)15-25-16-21-6-4-11-26-21/h4,6-8,11-12,20,23H,5,9-10,13-16H2,1-3H3/t20-/m1/s1. The summed E-state index contributed by atoms with van der Waals surface area (Å²) >= 11 is 0. The average molecular weight is 361 g/mol. The molecule has 5 heteroatoms. The SMILES string of the molecule is COCCCN(Cc1cc(C)ccc1C)C[C@@H](O)COCc1ccco1. The first-order valence-electron chi connectivity index (χ1n) is 9.14. The summed E-state index contributed by atoms with van der Waals surface area (Å²) in [7, 11) is 1.71. The highest BCUT2D eigenvalue weighted by Gasteiger charge is 2.14. The number of benzene rings is 1. The monoisotopic (exact) mass is 361 g/mol. The van der Waals surface area contributed by atoms with Crippen LogP contribution in [-0.4, -0.2) is 49.5 Å². The van der Waals surface area contributed by atoms with E-state index in [4.69, 9.17) is 13.9 Å². The van der Waals surface area contributed by atoms with Gasteiger partial charge >= 0.3 is 0 Å². The maximum atomic E-state index is 10.4. The topological polar surface area (TPSA) is 55.1 Å². The molecule has 0 saturated carbocycles. The number of rotatable bonds is 12. The molecular formula is C21H31NO4. The first-order valence-corrected chi connectivity index (χ1v) is 9.14. The summed E-state index contributed by atoms with van der Waals surface area (Å²) in [5.74, 6) is 0.768. The molecule has 1 aromatic carbocycles. The lowest BCUT2D eigenvalue weighted by atomic mass is 10.0. The molecule has 1 N–H and O–H groups in total. The molecule has 0 spiro atoms. The Morgan fingerprint density at radius 3 is 2.81 bits per heavy atom. The molecule has 2 rings (SSSR count). The molecule has 1 atom stereocenters. The average Bonchev–Trinajstić information content (AvgIpc) is 3.11. The molecule has 0 bridgehead atoms. The summed E-state index contributed by atoms with van der Waals surface area (Å²) in [4.78, 5) is 2.27. The Labute approximate surface area is 156 Å². The minimum atomic E-state index is -0.544. The number of nitrogens with zero attached hydrogens (tertiary/aromatic N) is 1. The molecule has 0 fully saturated rings. The van der Waals surface area contributed by atoms with E-state index in [0.717, 1.165) is 25.3 Å². The molecule has 2 aromatic rings. The third kappa shape index (κ3) is 7.30. The zero-order valence-corrected chi connectivity index (χ0v) is 16.1. The number of aryl methyl sites for hydroxylation is 2. The van der Waals surface area contributed by atoms with E-state index in [0.29, 0.717) is 19.8 Å². The summed E-state index contributed by atoms with van der Waals surface area (Å²) < 4.78 is 16.0. The molecule has 0 saturated heterocycles. The van der Waals surface area contributed by atoms with Gasteiger partial charge in [-0.05, 0) is 43.5 Å². The van der Waals surface area contributed by atoms with Crippen molar-refractivity contribution < 1.29 is 19.0 Å². The third-order valence-corrected chi connectivity index (χ3v) is 4.32. The fourth-order valence-electron chi connectivity index (χ4n) is 2.92. The summed E-state index contributed by atoms with van der Waals surface area (Å²) in [5.41, 5.74) is 3.83. The second-order valence-electron chi connectivity index (χ2n) is 6.76. The molecular weight excluding hydrogens is 330 g/mol. The number of furan rings is 1. The Kier molecular flexibility index (Phi) is 8.85. The highest BCUT2D eigenvalue weighted by atomic mass is 16.5. The predicted molar refractivity (Wildman–Crippen MR) is 102 cm³/mol. The zero-order valence-electron chi connectivity index (χ0n) is 16.1. The van der Waals surface area contributed by atoms with Crippen LogP contribution in [0.2, 0.25) is 0 Å². The molecule has 0 aliphatic rings. The van der Waals surface area contributed by atoms with Crippen molar-refractivity contribution in [2.45, 2.75) is 39.5 Å². The van der Waals surface area contributed by atoms with Gasteiger partial charge in [-0.1, -0.05) is 23.8 Å². The van der Waals surface area contributed by atoms with Crippen molar-refractivity contribution in [1.82, 2.24) is 4.90 Å². The van der Waals surface area contributed by atoms with Gasteiger partial charge in [0.25, 0.3) is 0 Å². The molecule has 0 amide bonds. The number of hydrogen-bond acceptors (Lipinski definition) is 5. The van der Waals surface area contributed by atoms with Crippen LogP contribution in [-0.2, 0) is 22.6 Å². The van der Waals surface area contributed by atoms with E-state index in [2.05, 4.69) is 36.9 Å². The van der Waals surface area contributed by atoms with E-state index in [-0.39, 0.29) is 6.61 Å². The molecule has 0 aliphatic carbocycles. The molecule has 144 valence electrons. The van der Waals surface area contributed by atoms with Crippen molar-refractivity contribution >= 4 is 0 Å². The van der Waals surface area contributed by atoms with Crippen LogP contribution in [0.25, 0.3) is 0 Å². The van der Waals surface area contributed by atoms with Gasteiger partial charge in [-0.3, -0.25) is 4.90 Å². The Balaban J connectivity index is 1.87. The fourth-order valence-corrected chi connectivity index (χ4v) is 2.92. The molecule has 1 aromatic heterocycles. The van der Waals surface area contributed by atoms with Crippen LogP contribution in [0.4, 0.5) is 0 Å². The van der Waals surface area contributed by atoms with Gasteiger partial charge in [-0.25, -0.2) is 0 Å². The molecule has 0 aliphatic heterocycles. The van der Waals surface area contributed by atoms with E-state index in [1.165, 1.54) is 16.7 Å². The number of methoxy groups -OCH3 is 1. The predicted octanol–water partition coefficient (Wildman–Crippen LogP) is 3.31. The van der Waals surface area contributed by atoms with Crippen LogP contribution in [0.3, 0.4) is 0 Å². The molecule has 1 heterocycles. The summed E-state index contributed by atoms with van der Waals surface area (Å²) in [6, 6.07) is 10.2. The van der Waals surface area contributed by atoms with Gasteiger partial charge in [0.2, 0.25) is 0 Å². The van der Waals surface area contributed by atoms with Crippen molar-refractivity contribution in [2.24, 2.45) is 0 Å². The van der Waals surface area contributed by atoms with Crippen molar-refractivity contribution in [3.63, 3.8) is 0 Å². The Morgan fingerprint density at radius 1 is 1.23 bits per heavy atom. The van der Waals surface area contributed by atoms with Crippen molar-refractivity contribution in [3.8, 4) is 0 Å². The lowest BCUT2D eigenvalue weighted by Gasteiger charge is -2.26. The fraction of sp³-hybridized carbons (Fsp3) is 0.524. The number of hydrogen-bond donors (Lipinski definition) is 1. The van der Waals surface area contributed by atoms with Crippen LogP contribution in [0.15, 0.2) is 41.0 Å². The lowest BCUT2D eigenvalue weighted by Crippen LogP contribution is -2.35. The Morgan fingerprint density at radius 2 is 2.08 bits per heavy atom. The summed E-state index contributed by atoms with van der Waals surface area (Å²) in [5, 5.41) is 10.4. The highest BCUT2D eigenvalue weighted by Crippen LogP contribution is 2.14. The largest absolute Gasteiger partial charge is 0.467 e. The quantitative estimate of drug-likeness (QED) is 0.588. The molecule has 26 heavy (non-hydrogen) atoms. The molecule has 0 radical (unpaired) electrons. The van der Waals surface area contributed by atoms with E-state index in [1.54, 1.807) is 13.4 Å². The number of ether oxygens (including phenoxy) is 2. The van der Waals surface area contributed by atoms with E-state index >= 15 is 0 Å². The second kappa shape index (κ2) is 11.1. The van der Waals surface area contributed by atoms with Crippen molar-refractivity contribution in [1.29, 1.82) is 0 Å². The van der Waals surface area contributed by atoms with Crippen LogP contribution in [0.1, 0.15) is 28.9 Å². The summed E-state index contributed by atoms with van der Waals surface area (Å²) in [6.45, 7) is 7.87. The van der Waals surface area contributed by atoms with Crippen LogP contribution in [0.5, 0.6) is 0 Å². The Hall–Kier alpha value is -1.66. The van der Waals surface area contributed by atoms with Gasteiger partial charge in [0.15, 0.2) is 0 Å². The normalized spacial score (nSPS) is 12.7. The van der Waals surface area contributed by atoms with Crippen molar-refractivity contribution in [3.05, 3.63) is 59.0 Å². The van der Waals surface area contributed by atoms with E-state index in [9.17, 15) is 5.11 Å². The van der Waals surface area contributed by atoms with Crippen LogP contribution in [0, 0.1) is 13.8 Å². The minimum absolute atomic E-state index is 0.286. The third-order valence-electron chi connectivity index (χ3n) is 4.32. The zero-order chi connectivity index (χ0) is 18.8. The first-order chi connectivity index (χ1) is 12.6. The first kappa shape index (κ1) is 20.6. The van der Waals surface area contributed by atoms with Gasteiger partial charge < -0.3 is 19.0 Å². The van der Waals surface area contributed by atoms with E-state index < -0.39 is 6.10 Å². The van der Waals surface area contributed by atoms with Gasteiger partial charge in [0.1, 0.15) is 12.4 Å². The van der Waals surface area contributed by atoms with Gasteiger partial charge in [-0.2, -0.15) is 0 Å².